The average Bonchev–Trinajstić information content (AvgIpc) is 3.61. The van der Waals surface area contributed by atoms with Gasteiger partial charge in [0, 0.05) is 24.2 Å². The molecule has 44 heavy (non-hydrogen) atoms. The van der Waals surface area contributed by atoms with E-state index in [1.54, 1.807) is 16.8 Å². The molecule has 0 aromatic carbocycles. The van der Waals surface area contributed by atoms with Gasteiger partial charge in [0.25, 0.3) is 5.56 Å². The van der Waals surface area contributed by atoms with Crippen molar-refractivity contribution in [2.45, 2.75) is 110 Å². The Morgan fingerprint density at radius 3 is 2.55 bits per heavy atom. The van der Waals surface area contributed by atoms with Crippen molar-refractivity contribution in [1.29, 1.82) is 0 Å². The number of hydrogen-bond donors (Lipinski definition) is 2. The van der Waals surface area contributed by atoms with Gasteiger partial charge in [-0.1, -0.05) is 19.4 Å². The number of nitrogens with zero attached hydrogens (tertiary/aromatic N) is 2. The van der Waals surface area contributed by atoms with Crippen molar-refractivity contribution in [3.63, 3.8) is 0 Å². The summed E-state index contributed by atoms with van der Waals surface area (Å²) in [5, 5.41) is 21.2. The monoisotopic (exact) mass is 606 g/mol. The summed E-state index contributed by atoms with van der Waals surface area (Å²) in [7, 11) is 0. The second-order valence-corrected chi connectivity index (χ2v) is 15.3. The maximum atomic E-state index is 14.7. The van der Waals surface area contributed by atoms with Gasteiger partial charge >= 0.3 is 5.97 Å². The van der Waals surface area contributed by atoms with E-state index in [0.717, 1.165) is 37.7 Å². The fourth-order valence-electron chi connectivity index (χ4n) is 11.0. The fraction of sp³-hybridized carbons (Fsp3) is 0.714. The van der Waals surface area contributed by atoms with Gasteiger partial charge in [-0.15, -0.1) is 0 Å². The lowest BCUT2D eigenvalue weighted by Crippen LogP contribution is -2.64. The SMILES string of the molecule is CC1=C(CO)C(=O)O[C@@H]([C@@H](C)[C@H]2CC[C@H]3[C@@H]4C[C@H]5O[C@]56[C@@H](O)C=C(c5cn(C(C)C)c(=O)cn5)C(=O)[C@]6(C)[C@H]4CC[C@]23C)C1. The topological polar surface area (TPSA) is 131 Å². The predicted molar refractivity (Wildman–Crippen MR) is 162 cm³/mol. The van der Waals surface area contributed by atoms with E-state index in [1.807, 2.05) is 27.7 Å². The highest BCUT2D eigenvalue weighted by molar-refractivity contribution is 6.24. The number of ether oxygens (including phenoxy) is 2. The molecular weight excluding hydrogens is 560 g/mol. The van der Waals surface area contributed by atoms with Gasteiger partial charge in [0.2, 0.25) is 0 Å². The van der Waals surface area contributed by atoms with Gasteiger partial charge < -0.3 is 24.3 Å². The molecule has 7 rings (SSSR count). The van der Waals surface area contributed by atoms with Crippen LogP contribution in [0.15, 0.2) is 34.4 Å². The van der Waals surface area contributed by atoms with Gasteiger partial charge in [-0.3, -0.25) is 9.59 Å². The number of aromatic nitrogens is 2. The van der Waals surface area contributed by atoms with Crippen LogP contribution in [0, 0.1) is 40.4 Å². The maximum absolute atomic E-state index is 14.7. The standard InChI is InChI=1S/C35H46N2O7/c1-17(2)37-15-26(36-14-30(37)40)21-12-28(39)35-29(44-35)13-20-24-8-7-23(19(4)27-11-18(3)22(16-38)32(42)43-27)33(24,5)10-9-25(20)34(35,6)31(21)41/h12,14-15,17,19-20,23-25,27-29,38-39H,7-11,13,16H2,1-6H3/t19-,20-,23+,24-,25-,27+,28-,29+,33+,34-,35+/m0/s1. The summed E-state index contributed by atoms with van der Waals surface area (Å²) in [6, 6.07) is -0.0897. The number of aliphatic hydroxyl groups is 2. The van der Waals surface area contributed by atoms with Gasteiger partial charge in [-0.05, 0) is 101 Å². The van der Waals surface area contributed by atoms with Gasteiger partial charge in [-0.25, -0.2) is 9.78 Å². The Labute approximate surface area is 258 Å². The maximum Gasteiger partial charge on any atom is 0.336 e. The highest BCUT2D eigenvalue weighted by atomic mass is 16.6. The summed E-state index contributed by atoms with van der Waals surface area (Å²) in [6.45, 7) is 12.1. The normalized spacial score (nSPS) is 43.5. The molecule has 238 valence electrons. The molecule has 9 nitrogen and oxygen atoms in total. The van der Waals surface area contributed by atoms with Crippen molar-refractivity contribution in [3.8, 4) is 0 Å². The molecule has 1 saturated heterocycles. The van der Waals surface area contributed by atoms with Crippen LogP contribution in [-0.2, 0) is 19.1 Å². The summed E-state index contributed by atoms with van der Waals surface area (Å²) in [6.07, 6.45) is 8.63. The smallest absolute Gasteiger partial charge is 0.336 e. The molecular formula is C35H46N2O7. The van der Waals surface area contributed by atoms with Gasteiger partial charge in [-0.2, -0.15) is 0 Å². The number of Topliss-reactive ketones (excluding diaryl/α,β-unsaturated/α-hetero) is 1. The Balaban J connectivity index is 1.19. The lowest BCUT2D eigenvalue weighted by atomic mass is 9.43. The number of ketones is 1. The number of fused-ring (bicyclic) bond motifs is 4. The summed E-state index contributed by atoms with van der Waals surface area (Å²) in [5.41, 5.74) is 0.105. The van der Waals surface area contributed by atoms with Crippen LogP contribution in [0.3, 0.4) is 0 Å². The van der Waals surface area contributed by atoms with Crippen LogP contribution in [0.25, 0.3) is 5.57 Å². The molecule has 0 bridgehead atoms. The molecule has 0 radical (unpaired) electrons. The summed E-state index contributed by atoms with van der Waals surface area (Å²) < 4.78 is 13.9. The minimum absolute atomic E-state index is 0.0379. The lowest BCUT2D eigenvalue weighted by molar-refractivity contribution is -0.155. The van der Waals surface area contributed by atoms with Crippen molar-refractivity contribution >= 4 is 17.3 Å². The highest BCUT2D eigenvalue weighted by Crippen LogP contribution is 2.73. The van der Waals surface area contributed by atoms with Gasteiger partial charge in [0.1, 0.15) is 17.8 Å². The molecule has 3 heterocycles. The molecule has 11 atom stereocenters. The zero-order chi connectivity index (χ0) is 31.5. The molecule has 4 fully saturated rings. The quantitative estimate of drug-likeness (QED) is 0.380. The first-order valence-corrected chi connectivity index (χ1v) is 16.5. The Morgan fingerprint density at radius 2 is 1.86 bits per heavy atom. The Morgan fingerprint density at radius 1 is 1.11 bits per heavy atom. The molecule has 1 spiro atoms. The molecule has 9 heteroatoms. The number of carbonyl (C=O) groups is 2. The van der Waals surface area contributed by atoms with Gasteiger partial charge in [0.05, 0.1) is 35.6 Å². The molecule has 1 aromatic heterocycles. The van der Waals surface area contributed by atoms with Crippen LogP contribution in [0.1, 0.15) is 91.8 Å². The molecule has 2 aliphatic heterocycles. The molecule has 0 amide bonds. The number of epoxide rings is 1. The predicted octanol–water partition coefficient (Wildman–Crippen LogP) is 4.02. The van der Waals surface area contributed by atoms with E-state index in [9.17, 15) is 24.6 Å². The Kier molecular flexibility index (Phi) is 6.79. The van der Waals surface area contributed by atoms with E-state index in [-0.39, 0.29) is 59.4 Å². The summed E-state index contributed by atoms with van der Waals surface area (Å²) in [5.74, 6) is 0.850. The zero-order valence-electron chi connectivity index (χ0n) is 26.7. The number of hydrogen-bond acceptors (Lipinski definition) is 8. The highest BCUT2D eigenvalue weighted by Gasteiger charge is 2.81. The first kappa shape index (κ1) is 30.1. The van der Waals surface area contributed by atoms with Crippen LogP contribution in [0.2, 0.25) is 0 Å². The van der Waals surface area contributed by atoms with Crippen molar-refractivity contribution < 1.29 is 29.3 Å². The number of esters is 1. The number of cyclic esters (lactones) is 1. The molecule has 4 aliphatic carbocycles. The lowest BCUT2D eigenvalue weighted by Gasteiger charge is -2.58. The minimum atomic E-state index is -0.932. The molecule has 2 N–H and O–H groups in total. The molecule has 3 saturated carbocycles. The number of aliphatic hydroxyl groups excluding tert-OH is 2. The van der Waals surface area contributed by atoms with Crippen molar-refractivity contribution in [2.24, 2.45) is 40.4 Å². The Bertz CT molecular complexity index is 1540. The van der Waals surface area contributed by atoms with E-state index in [4.69, 9.17) is 9.47 Å². The summed E-state index contributed by atoms with van der Waals surface area (Å²) in [4.78, 5) is 44.1. The molecule has 6 aliphatic rings. The van der Waals surface area contributed by atoms with Crippen LogP contribution in [0.5, 0.6) is 0 Å². The third-order valence-electron chi connectivity index (χ3n) is 13.4. The van der Waals surface area contributed by atoms with Gasteiger partial charge in [0.15, 0.2) is 5.78 Å². The number of carbonyl (C=O) groups excluding carboxylic acids is 2. The van der Waals surface area contributed by atoms with E-state index in [0.29, 0.717) is 35.1 Å². The van der Waals surface area contributed by atoms with Crippen LogP contribution < -0.4 is 5.56 Å². The van der Waals surface area contributed by atoms with Crippen LogP contribution in [0.4, 0.5) is 0 Å². The molecule has 0 unspecified atom stereocenters. The minimum Gasteiger partial charge on any atom is -0.458 e. The average molecular weight is 607 g/mol. The van der Waals surface area contributed by atoms with Crippen LogP contribution in [-0.4, -0.2) is 62.0 Å². The van der Waals surface area contributed by atoms with Crippen molar-refractivity contribution in [1.82, 2.24) is 9.55 Å². The van der Waals surface area contributed by atoms with E-state index >= 15 is 0 Å². The second kappa shape index (κ2) is 9.94. The van der Waals surface area contributed by atoms with Crippen molar-refractivity contribution in [2.75, 3.05) is 6.61 Å². The summed E-state index contributed by atoms with van der Waals surface area (Å²) >= 11 is 0. The number of rotatable bonds is 5. The third-order valence-corrected chi connectivity index (χ3v) is 13.4. The Hall–Kier alpha value is -2.62. The first-order valence-electron chi connectivity index (χ1n) is 16.5. The van der Waals surface area contributed by atoms with E-state index < -0.39 is 23.1 Å². The largest absolute Gasteiger partial charge is 0.458 e. The van der Waals surface area contributed by atoms with E-state index in [1.165, 1.54) is 6.20 Å². The second-order valence-electron chi connectivity index (χ2n) is 15.3. The van der Waals surface area contributed by atoms with E-state index in [2.05, 4.69) is 18.8 Å². The third kappa shape index (κ3) is 3.81. The van der Waals surface area contributed by atoms with Crippen LogP contribution >= 0.6 is 0 Å². The zero-order valence-corrected chi connectivity index (χ0v) is 26.7. The first-order chi connectivity index (χ1) is 20.8. The van der Waals surface area contributed by atoms with Crippen molar-refractivity contribution in [3.05, 3.63) is 45.7 Å². The number of allylic oxidation sites excluding steroid dienone is 1. The molecule has 1 aromatic rings. The fourth-order valence-corrected chi connectivity index (χ4v) is 11.0.